The fourth-order valence-corrected chi connectivity index (χ4v) is 2.64. The summed E-state index contributed by atoms with van der Waals surface area (Å²) in [5.74, 6) is 0.823. The molecular weight excluding hydrogens is 268 g/mol. The van der Waals surface area contributed by atoms with Gasteiger partial charge in [-0.25, -0.2) is 0 Å². The van der Waals surface area contributed by atoms with E-state index in [1.54, 1.807) is 7.11 Å². The molecule has 0 aliphatic carbocycles. The molecule has 3 aromatic rings. The van der Waals surface area contributed by atoms with Crippen LogP contribution in [-0.4, -0.2) is 16.7 Å². The number of nitrogens with one attached hydrogen (secondary N) is 1. The molecule has 1 aromatic heterocycles. The number of aromatic amines is 1. The maximum atomic E-state index is 5.46. The van der Waals surface area contributed by atoms with E-state index in [0.717, 1.165) is 22.5 Å². The van der Waals surface area contributed by atoms with Gasteiger partial charge in [-0.3, -0.25) is 4.57 Å². The van der Waals surface area contributed by atoms with Crippen LogP contribution in [0.15, 0.2) is 36.4 Å². The Kier molecular flexibility index (Phi) is 3.10. The number of rotatable bonds is 2. The number of H-pyrrole nitrogens is 1. The highest BCUT2D eigenvalue weighted by Gasteiger charge is 2.08. The largest absolute Gasteiger partial charge is 0.497 e. The number of aryl methyl sites for hydroxylation is 2. The van der Waals surface area contributed by atoms with Crippen molar-refractivity contribution in [1.82, 2.24) is 9.55 Å². The molecule has 1 heterocycles. The molecule has 0 unspecified atom stereocenters. The summed E-state index contributed by atoms with van der Waals surface area (Å²) < 4.78 is 8.04. The highest BCUT2D eigenvalue weighted by molar-refractivity contribution is 7.71. The fourth-order valence-electron chi connectivity index (χ4n) is 2.33. The molecule has 0 bridgehead atoms. The first-order valence-electron chi connectivity index (χ1n) is 6.46. The molecule has 3 rings (SSSR count). The molecule has 0 radical (unpaired) electrons. The minimum absolute atomic E-state index is 0.691. The molecule has 4 heteroatoms. The Labute approximate surface area is 122 Å². The van der Waals surface area contributed by atoms with Crippen LogP contribution in [0.2, 0.25) is 0 Å². The van der Waals surface area contributed by atoms with Gasteiger partial charge in [-0.1, -0.05) is 6.07 Å². The molecule has 0 aliphatic heterocycles. The fraction of sp³-hybridized carbons (Fsp3) is 0.188. The lowest BCUT2D eigenvalue weighted by molar-refractivity contribution is 0.415. The lowest BCUT2D eigenvalue weighted by Crippen LogP contribution is -1.95. The Morgan fingerprint density at radius 2 is 1.85 bits per heavy atom. The van der Waals surface area contributed by atoms with Crippen LogP contribution in [0.25, 0.3) is 16.7 Å². The van der Waals surface area contributed by atoms with Crippen LogP contribution in [0.3, 0.4) is 0 Å². The maximum absolute atomic E-state index is 5.46. The number of hydrogen-bond acceptors (Lipinski definition) is 2. The van der Waals surface area contributed by atoms with Crippen molar-refractivity contribution in [2.75, 3.05) is 7.11 Å². The first kappa shape index (κ1) is 12.9. The smallest absolute Gasteiger partial charge is 0.182 e. The summed E-state index contributed by atoms with van der Waals surface area (Å²) in [5.41, 5.74) is 5.63. The average molecular weight is 284 g/mol. The Balaban J connectivity index is 2.31. The number of fused-ring (bicyclic) bond motifs is 1. The van der Waals surface area contributed by atoms with Crippen molar-refractivity contribution in [3.8, 4) is 11.4 Å². The predicted molar refractivity (Wildman–Crippen MR) is 84.5 cm³/mol. The normalized spacial score (nSPS) is 10.9. The Morgan fingerprint density at radius 3 is 2.55 bits per heavy atom. The van der Waals surface area contributed by atoms with E-state index in [2.05, 4.69) is 37.0 Å². The van der Waals surface area contributed by atoms with Crippen LogP contribution in [0, 0.1) is 18.6 Å². The third-order valence-electron chi connectivity index (χ3n) is 3.64. The third-order valence-corrected chi connectivity index (χ3v) is 3.92. The Hall–Kier alpha value is -2.07. The van der Waals surface area contributed by atoms with Gasteiger partial charge in [0.05, 0.1) is 18.1 Å². The van der Waals surface area contributed by atoms with Gasteiger partial charge in [-0.2, -0.15) is 0 Å². The molecule has 0 atom stereocenters. The highest BCUT2D eigenvalue weighted by atomic mass is 32.1. The number of imidazole rings is 1. The van der Waals surface area contributed by atoms with Gasteiger partial charge in [0.2, 0.25) is 0 Å². The number of nitrogens with zero attached hydrogens (tertiary/aromatic N) is 1. The average Bonchev–Trinajstić information content (AvgIpc) is 2.77. The number of aromatic nitrogens is 2. The van der Waals surface area contributed by atoms with Gasteiger partial charge in [0.15, 0.2) is 4.77 Å². The summed E-state index contributed by atoms with van der Waals surface area (Å²) in [6, 6.07) is 12.3. The zero-order valence-electron chi connectivity index (χ0n) is 11.7. The summed E-state index contributed by atoms with van der Waals surface area (Å²) >= 11 is 5.46. The Morgan fingerprint density at radius 1 is 1.05 bits per heavy atom. The lowest BCUT2D eigenvalue weighted by atomic mass is 10.1. The van der Waals surface area contributed by atoms with E-state index >= 15 is 0 Å². The van der Waals surface area contributed by atoms with Gasteiger partial charge in [0.1, 0.15) is 5.75 Å². The van der Waals surface area contributed by atoms with Gasteiger partial charge in [0, 0.05) is 11.8 Å². The standard InChI is InChI=1S/C16H16N2OS/c1-10-4-5-12(8-11(10)2)18-15-9-13(19-3)6-7-14(15)17-16(18)20/h4-9H,1-3H3,(H,17,20). The molecule has 20 heavy (non-hydrogen) atoms. The van der Waals surface area contributed by atoms with Crippen LogP contribution in [0.1, 0.15) is 11.1 Å². The minimum Gasteiger partial charge on any atom is -0.497 e. The summed E-state index contributed by atoms with van der Waals surface area (Å²) in [6.45, 7) is 4.22. The van der Waals surface area contributed by atoms with Crippen molar-refractivity contribution in [3.63, 3.8) is 0 Å². The van der Waals surface area contributed by atoms with Crippen molar-refractivity contribution < 1.29 is 4.74 Å². The summed E-state index contributed by atoms with van der Waals surface area (Å²) in [7, 11) is 1.67. The van der Waals surface area contributed by atoms with Crippen molar-refractivity contribution >= 4 is 23.3 Å². The van der Waals surface area contributed by atoms with Crippen molar-refractivity contribution in [1.29, 1.82) is 0 Å². The van der Waals surface area contributed by atoms with Crippen LogP contribution >= 0.6 is 12.2 Å². The van der Waals surface area contributed by atoms with E-state index in [-0.39, 0.29) is 0 Å². The molecular formula is C16H16N2OS. The van der Waals surface area contributed by atoms with Gasteiger partial charge in [-0.15, -0.1) is 0 Å². The predicted octanol–water partition coefficient (Wildman–Crippen LogP) is 4.31. The molecule has 2 aromatic carbocycles. The van der Waals surface area contributed by atoms with Crippen molar-refractivity contribution in [2.45, 2.75) is 13.8 Å². The third kappa shape index (κ3) is 2.02. The molecule has 3 nitrogen and oxygen atoms in total. The zero-order chi connectivity index (χ0) is 14.3. The molecule has 0 saturated heterocycles. The molecule has 0 amide bonds. The summed E-state index contributed by atoms with van der Waals surface area (Å²) in [6.07, 6.45) is 0. The van der Waals surface area contributed by atoms with E-state index in [0.29, 0.717) is 4.77 Å². The van der Waals surface area contributed by atoms with Crippen molar-refractivity contribution in [2.24, 2.45) is 0 Å². The van der Waals surface area contributed by atoms with Crippen LogP contribution in [-0.2, 0) is 0 Å². The van der Waals surface area contributed by atoms with E-state index in [1.807, 2.05) is 22.8 Å². The molecule has 0 aliphatic rings. The molecule has 1 N–H and O–H groups in total. The number of methoxy groups -OCH3 is 1. The van der Waals surface area contributed by atoms with Crippen LogP contribution in [0.4, 0.5) is 0 Å². The van der Waals surface area contributed by atoms with E-state index < -0.39 is 0 Å². The zero-order valence-corrected chi connectivity index (χ0v) is 12.5. The lowest BCUT2D eigenvalue weighted by Gasteiger charge is -2.08. The van der Waals surface area contributed by atoms with Gasteiger partial charge in [0.25, 0.3) is 0 Å². The Bertz CT molecular complexity index is 845. The number of ether oxygens (including phenoxy) is 1. The first-order valence-corrected chi connectivity index (χ1v) is 6.87. The van der Waals surface area contributed by atoms with Gasteiger partial charge in [-0.05, 0) is 61.5 Å². The minimum atomic E-state index is 0.691. The van der Waals surface area contributed by atoms with E-state index in [4.69, 9.17) is 17.0 Å². The summed E-state index contributed by atoms with van der Waals surface area (Å²) in [5, 5.41) is 0. The van der Waals surface area contributed by atoms with E-state index in [9.17, 15) is 0 Å². The quantitative estimate of drug-likeness (QED) is 0.710. The molecule has 0 fully saturated rings. The molecule has 0 spiro atoms. The summed E-state index contributed by atoms with van der Waals surface area (Å²) in [4.78, 5) is 3.23. The molecule has 102 valence electrons. The number of hydrogen-bond donors (Lipinski definition) is 1. The first-order chi connectivity index (χ1) is 9.60. The monoisotopic (exact) mass is 284 g/mol. The van der Waals surface area contributed by atoms with E-state index in [1.165, 1.54) is 11.1 Å². The molecule has 0 saturated carbocycles. The second-order valence-electron chi connectivity index (χ2n) is 4.92. The SMILES string of the molecule is COc1ccc2[nH]c(=S)n(-c3ccc(C)c(C)c3)c2c1. The second kappa shape index (κ2) is 4.80. The second-order valence-corrected chi connectivity index (χ2v) is 5.30. The van der Waals surface area contributed by atoms with Crippen molar-refractivity contribution in [3.05, 3.63) is 52.3 Å². The maximum Gasteiger partial charge on any atom is 0.182 e. The highest BCUT2D eigenvalue weighted by Crippen LogP contribution is 2.24. The topological polar surface area (TPSA) is 29.9 Å². The number of benzene rings is 2. The van der Waals surface area contributed by atoms with Gasteiger partial charge < -0.3 is 9.72 Å². The van der Waals surface area contributed by atoms with Crippen LogP contribution < -0.4 is 4.74 Å². The van der Waals surface area contributed by atoms with Gasteiger partial charge >= 0.3 is 0 Å². The van der Waals surface area contributed by atoms with Crippen LogP contribution in [0.5, 0.6) is 5.75 Å².